The molecule has 0 aliphatic carbocycles. The number of ether oxygens (including phenoxy) is 1. The van der Waals surface area contributed by atoms with Gasteiger partial charge in [0.1, 0.15) is 5.75 Å². The van der Waals surface area contributed by atoms with Gasteiger partial charge in [0, 0.05) is 0 Å². The Morgan fingerprint density at radius 2 is 2.00 bits per heavy atom. The van der Waals surface area contributed by atoms with E-state index < -0.39 is 0 Å². The van der Waals surface area contributed by atoms with Crippen LogP contribution in [0.1, 0.15) is 35.2 Å². The second-order valence-electron chi connectivity index (χ2n) is 4.56. The lowest BCUT2D eigenvalue weighted by molar-refractivity contribution is -0.120. The van der Waals surface area contributed by atoms with Crippen LogP contribution in [0.5, 0.6) is 5.75 Å². The van der Waals surface area contributed by atoms with E-state index in [1.165, 1.54) is 0 Å². The zero-order valence-electron chi connectivity index (χ0n) is 11.8. The van der Waals surface area contributed by atoms with Gasteiger partial charge in [0.15, 0.2) is 0 Å². The summed E-state index contributed by atoms with van der Waals surface area (Å²) in [5, 5.41) is 2.87. The van der Waals surface area contributed by atoms with E-state index in [2.05, 4.69) is 11.4 Å². The fourth-order valence-corrected chi connectivity index (χ4v) is 2.23. The molecular formula is C14H22N2O2. The number of aryl methyl sites for hydroxylation is 1. The summed E-state index contributed by atoms with van der Waals surface area (Å²) in [6.07, 6.45) is 0. The normalized spacial score (nSPS) is 12.1. The van der Waals surface area contributed by atoms with Crippen molar-refractivity contribution in [3.05, 3.63) is 28.3 Å². The van der Waals surface area contributed by atoms with E-state index in [1.54, 1.807) is 7.11 Å². The highest BCUT2D eigenvalue weighted by atomic mass is 16.5. The molecule has 0 heterocycles. The standard InChI is InChI=1S/C14H22N2O2/c1-8-6-12(11(4)16-13(17)7-15)9(2)10(3)14(8)18-5/h6,11H,7,15H2,1-5H3,(H,16,17). The third-order valence-corrected chi connectivity index (χ3v) is 3.30. The summed E-state index contributed by atoms with van der Waals surface area (Å²) < 4.78 is 5.39. The highest BCUT2D eigenvalue weighted by Crippen LogP contribution is 2.31. The molecule has 1 rings (SSSR count). The van der Waals surface area contributed by atoms with Crippen molar-refractivity contribution >= 4 is 5.91 Å². The van der Waals surface area contributed by atoms with Crippen LogP contribution >= 0.6 is 0 Å². The molecule has 0 fully saturated rings. The van der Waals surface area contributed by atoms with Crippen LogP contribution in [-0.2, 0) is 4.79 Å². The van der Waals surface area contributed by atoms with E-state index >= 15 is 0 Å². The molecule has 0 radical (unpaired) electrons. The zero-order chi connectivity index (χ0) is 13.9. The van der Waals surface area contributed by atoms with Crippen molar-refractivity contribution in [1.29, 1.82) is 0 Å². The molecule has 0 aliphatic rings. The Morgan fingerprint density at radius 3 is 2.50 bits per heavy atom. The number of benzene rings is 1. The highest BCUT2D eigenvalue weighted by Gasteiger charge is 2.16. The molecule has 4 nitrogen and oxygen atoms in total. The van der Waals surface area contributed by atoms with Crippen LogP contribution in [0.3, 0.4) is 0 Å². The molecule has 1 amide bonds. The topological polar surface area (TPSA) is 64.3 Å². The van der Waals surface area contributed by atoms with E-state index in [0.29, 0.717) is 0 Å². The molecule has 0 spiro atoms. The Balaban J connectivity index is 3.14. The van der Waals surface area contributed by atoms with Gasteiger partial charge in [-0.1, -0.05) is 6.07 Å². The number of nitrogens with one attached hydrogen (secondary N) is 1. The summed E-state index contributed by atoms with van der Waals surface area (Å²) in [7, 11) is 1.67. The smallest absolute Gasteiger partial charge is 0.234 e. The highest BCUT2D eigenvalue weighted by molar-refractivity contribution is 5.78. The number of hydrogen-bond acceptors (Lipinski definition) is 3. The van der Waals surface area contributed by atoms with Crippen LogP contribution in [-0.4, -0.2) is 19.6 Å². The van der Waals surface area contributed by atoms with Gasteiger partial charge in [-0.15, -0.1) is 0 Å². The minimum Gasteiger partial charge on any atom is -0.496 e. The molecule has 1 atom stereocenters. The number of nitrogens with two attached hydrogens (primary N) is 1. The third kappa shape index (κ3) is 2.82. The van der Waals surface area contributed by atoms with E-state index in [9.17, 15) is 4.79 Å². The van der Waals surface area contributed by atoms with Gasteiger partial charge in [0.25, 0.3) is 0 Å². The monoisotopic (exact) mass is 250 g/mol. The van der Waals surface area contributed by atoms with Crippen molar-refractivity contribution in [1.82, 2.24) is 5.32 Å². The summed E-state index contributed by atoms with van der Waals surface area (Å²) in [5.41, 5.74) is 9.74. The van der Waals surface area contributed by atoms with E-state index in [0.717, 1.165) is 28.0 Å². The molecular weight excluding hydrogens is 228 g/mol. The SMILES string of the molecule is COc1c(C)cc(C(C)NC(=O)CN)c(C)c1C. The zero-order valence-corrected chi connectivity index (χ0v) is 11.8. The second-order valence-corrected chi connectivity index (χ2v) is 4.56. The minimum absolute atomic E-state index is 0.0114. The number of rotatable bonds is 4. The van der Waals surface area contributed by atoms with Gasteiger partial charge < -0.3 is 15.8 Å². The first-order chi connectivity index (χ1) is 8.42. The summed E-state index contributed by atoms with van der Waals surface area (Å²) in [4.78, 5) is 11.3. The lowest BCUT2D eigenvalue weighted by Gasteiger charge is -2.21. The number of methoxy groups -OCH3 is 1. The lowest BCUT2D eigenvalue weighted by atomic mass is 9.94. The second kappa shape index (κ2) is 5.87. The molecule has 4 heteroatoms. The molecule has 0 saturated carbocycles. The average Bonchev–Trinajstić information content (AvgIpc) is 2.34. The first-order valence-corrected chi connectivity index (χ1v) is 6.06. The van der Waals surface area contributed by atoms with E-state index in [4.69, 9.17) is 10.5 Å². The lowest BCUT2D eigenvalue weighted by Crippen LogP contribution is -2.32. The fraction of sp³-hybridized carbons (Fsp3) is 0.500. The fourth-order valence-electron chi connectivity index (χ4n) is 2.23. The van der Waals surface area contributed by atoms with Crippen molar-refractivity contribution in [2.45, 2.75) is 33.7 Å². The summed E-state index contributed by atoms with van der Waals surface area (Å²) in [6.45, 7) is 8.05. The maximum Gasteiger partial charge on any atom is 0.234 e. The number of hydrogen-bond donors (Lipinski definition) is 2. The first kappa shape index (κ1) is 14.5. The van der Waals surface area contributed by atoms with Gasteiger partial charge >= 0.3 is 0 Å². The minimum atomic E-state index is -0.145. The Labute approximate surface area is 109 Å². The molecule has 1 unspecified atom stereocenters. The third-order valence-electron chi connectivity index (χ3n) is 3.30. The Bertz CT molecular complexity index is 456. The Kier molecular flexibility index (Phi) is 4.73. The predicted molar refractivity (Wildman–Crippen MR) is 72.8 cm³/mol. The van der Waals surface area contributed by atoms with Crippen LogP contribution in [0.2, 0.25) is 0 Å². The molecule has 0 aromatic heterocycles. The van der Waals surface area contributed by atoms with Gasteiger partial charge in [-0.3, -0.25) is 4.79 Å². The van der Waals surface area contributed by atoms with Gasteiger partial charge in [-0.2, -0.15) is 0 Å². The number of carbonyl (C=O) groups is 1. The molecule has 0 bridgehead atoms. The van der Waals surface area contributed by atoms with Crippen molar-refractivity contribution in [3.63, 3.8) is 0 Å². The Hall–Kier alpha value is -1.55. The van der Waals surface area contributed by atoms with Crippen molar-refractivity contribution in [2.75, 3.05) is 13.7 Å². The quantitative estimate of drug-likeness (QED) is 0.855. The maximum atomic E-state index is 11.3. The van der Waals surface area contributed by atoms with Crippen LogP contribution in [0.4, 0.5) is 0 Å². The molecule has 3 N–H and O–H groups in total. The van der Waals surface area contributed by atoms with Crippen molar-refractivity contribution in [2.24, 2.45) is 5.73 Å². The molecule has 100 valence electrons. The predicted octanol–water partition coefficient (Wildman–Crippen LogP) is 1.76. The largest absolute Gasteiger partial charge is 0.496 e. The summed E-state index contributed by atoms with van der Waals surface area (Å²) >= 11 is 0. The molecule has 18 heavy (non-hydrogen) atoms. The summed E-state index contributed by atoms with van der Waals surface area (Å²) in [6, 6.07) is 2.01. The first-order valence-electron chi connectivity index (χ1n) is 6.06. The van der Waals surface area contributed by atoms with Crippen LogP contribution in [0, 0.1) is 20.8 Å². The van der Waals surface area contributed by atoms with Gasteiger partial charge in [-0.05, 0) is 49.9 Å². The molecule has 0 saturated heterocycles. The van der Waals surface area contributed by atoms with Crippen LogP contribution in [0.25, 0.3) is 0 Å². The molecule has 1 aromatic carbocycles. The van der Waals surface area contributed by atoms with Gasteiger partial charge in [0.05, 0.1) is 19.7 Å². The molecule has 1 aromatic rings. The molecule has 0 aliphatic heterocycles. The van der Waals surface area contributed by atoms with Gasteiger partial charge in [-0.25, -0.2) is 0 Å². The maximum absolute atomic E-state index is 11.3. The Morgan fingerprint density at radius 1 is 1.39 bits per heavy atom. The average molecular weight is 250 g/mol. The number of carbonyl (C=O) groups excluding carboxylic acids is 1. The van der Waals surface area contributed by atoms with Crippen LogP contribution in [0.15, 0.2) is 6.07 Å². The van der Waals surface area contributed by atoms with E-state index in [-0.39, 0.29) is 18.5 Å². The van der Waals surface area contributed by atoms with E-state index in [1.807, 2.05) is 27.7 Å². The summed E-state index contributed by atoms with van der Waals surface area (Å²) in [5.74, 6) is 0.765. The van der Waals surface area contributed by atoms with Crippen molar-refractivity contribution < 1.29 is 9.53 Å². The van der Waals surface area contributed by atoms with Crippen molar-refractivity contribution in [3.8, 4) is 5.75 Å². The number of amides is 1. The van der Waals surface area contributed by atoms with Gasteiger partial charge in [0.2, 0.25) is 5.91 Å². The van der Waals surface area contributed by atoms with Crippen LogP contribution < -0.4 is 15.8 Å².